The second-order valence-electron chi connectivity index (χ2n) is 5.95. The van der Waals surface area contributed by atoms with Crippen LogP contribution in [0, 0.1) is 5.92 Å². The van der Waals surface area contributed by atoms with Gasteiger partial charge in [-0.3, -0.25) is 9.78 Å². The van der Waals surface area contributed by atoms with Gasteiger partial charge in [-0.25, -0.2) is 14.5 Å². The van der Waals surface area contributed by atoms with Crippen molar-refractivity contribution in [2.45, 2.75) is 38.8 Å². The van der Waals surface area contributed by atoms with Crippen LogP contribution in [0.2, 0.25) is 0 Å². The van der Waals surface area contributed by atoms with E-state index in [0.29, 0.717) is 5.56 Å². The summed E-state index contributed by atoms with van der Waals surface area (Å²) in [5.74, 6) is -1.71. The highest BCUT2D eigenvalue weighted by atomic mass is 16.4. The lowest BCUT2D eigenvalue weighted by Crippen LogP contribution is -2.47. The fraction of sp³-hybridized carbons (Fsp3) is 0.467. The van der Waals surface area contributed by atoms with Gasteiger partial charge in [-0.2, -0.15) is 0 Å². The number of imide groups is 1. The number of carbonyl (C=O) groups excluding carboxylic acids is 2. The van der Waals surface area contributed by atoms with Gasteiger partial charge in [0.05, 0.1) is 0 Å². The molecule has 0 spiro atoms. The van der Waals surface area contributed by atoms with Gasteiger partial charge in [-0.05, 0) is 37.0 Å². The predicted molar refractivity (Wildman–Crippen MR) is 77.8 cm³/mol. The molecule has 22 heavy (non-hydrogen) atoms. The molecule has 2 heterocycles. The first-order valence-corrected chi connectivity index (χ1v) is 7.06. The molecule has 1 aromatic rings. The molecule has 2 atom stereocenters. The normalized spacial score (nSPS) is 22.8. The van der Waals surface area contributed by atoms with Gasteiger partial charge in [0.15, 0.2) is 0 Å². The zero-order valence-corrected chi connectivity index (χ0v) is 12.7. The maximum Gasteiger partial charge on any atom is 0.327 e. The number of nitrogens with zero attached hydrogens (tertiary/aromatic N) is 2. The zero-order chi connectivity index (χ0) is 16.5. The fourth-order valence-corrected chi connectivity index (χ4v) is 2.59. The Balaban J connectivity index is 2.38. The Morgan fingerprint density at radius 3 is 2.45 bits per heavy atom. The molecule has 7 heteroatoms. The highest BCUT2D eigenvalue weighted by Crippen LogP contribution is 2.30. The summed E-state index contributed by atoms with van der Waals surface area (Å²) < 4.78 is 0. The number of nitrogens with one attached hydrogen (secondary N) is 1. The van der Waals surface area contributed by atoms with E-state index in [0.717, 1.165) is 4.90 Å². The molecule has 118 valence electrons. The Kier molecular flexibility index (Phi) is 4.16. The highest BCUT2D eigenvalue weighted by Gasteiger charge is 2.52. The average Bonchev–Trinajstić information content (AvgIpc) is 2.68. The molecule has 0 saturated carbocycles. The Bertz CT molecular complexity index is 602. The molecule has 1 fully saturated rings. The first-order valence-electron chi connectivity index (χ1n) is 7.06. The molecule has 0 bridgehead atoms. The minimum absolute atomic E-state index is 0.0366. The van der Waals surface area contributed by atoms with Crippen LogP contribution in [-0.2, 0) is 15.1 Å². The summed E-state index contributed by atoms with van der Waals surface area (Å²) in [6.45, 7) is 5.25. The van der Waals surface area contributed by atoms with E-state index in [1.165, 1.54) is 12.4 Å². The van der Waals surface area contributed by atoms with Crippen LogP contribution in [0.1, 0.15) is 32.8 Å². The van der Waals surface area contributed by atoms with E-state index in [1.54, 1.807) is 19.1 Å². The van der Waals surface area contributed by atoms with Gasteiger partial charge in [0, 0.05) is 12.4 Å². The van der Waals surface area contributed by atoms with Crippen molar-refractivity contribution in [3.05, 3.63) is 30.1 Å². The maximum absolute atomic E-state index is 12.7. The number of aliphatic carboxylic acids is 1. The lowest BCUT2D eigenvalue weighted by atomic mass is 9.92. The molecule has 7 nitrogen and oxygen atoms in total. The first kappa shape index (κ1) is 15.9. The Labute approximate surface area is 128 Å². The van der Waals surface area contributed by atoms with Crippen molar-refractivity contribution in [2.24, 2.45) is 5.92 Å². The van der Waals surface area contributed by atoms with Crippen molar-refractivity contribution in [1.29, 1.82) is 0 Å². The minimum atomic E-state index is -1.27. The van der Waals surface area contributed by atoms with Gasteiger partial charge in [0.2, 0.25) is 0 Å². The predicted octanol–water partition coefficient (Wildman–Crippen LogP) is 1.35. The first-order chi connectivity index (χ1) is 10.3. The molecule has 1 aliphatic rings. The quantitative estimate of drug-likeness (QED) is 0.800. The van der Waals surface area contributed by atoms with Gasteiger partial charge in [-0.15, -0.1) is 0 Å². The van der Waals surface area contributed by atoms with Crippen molar-refractivity contribution in [1.82, 2.24) is 15.2 Å². The van der Waals surface area contributed by atoms with Crippen molar-refractivity contribution in [2.75, 3.05) is 0 Å². The third-order valence-corrected chi connectivity index (χ3v) is 3.77. The number of hydrogen-bond acceptors (Lipinski definition) is 4. The van der Waals surface area contributed by atoms with E-state index >= 15 is 0 Å². The maximum atomic E-state index is 12.7. The van der Waals surface area contributed by atoms with E-state index in [2.05, 4.69) is 10.3 Å². The molecular formula is C15H19N3O4. The summed E-state index contributed by atoms with van der Waals surface area (Å²) in [6, 6.07) is 1.40. The smallest absolute Gasteiger partial charge is 0.327 e. The van der Waals surface area contributed by atoms with E-state index in [9.17, 15) is 19.5 Å². The average molecular weight is 305 g/mol. The van der Waals surface area contributed by atoms with Crippen LogP contribution in [0.5, 0.6) is 0 Å². The van der Waals surface area contributed by atoms with Crippen molar-refractivity contribution >= 4 is 17.9 Å². The van der Waals surface area contributed by atoms with Crippen molar-refractivity contribution < 1.29 is 19.5 Å². The summed E-state index contributed by atoms with van der Waals surface area (Å²) in [5.41, 5.74) is -0.706. The number of amides is 3. The molecule has 2 rings (SSSR count). The van der Waals surface area contributed by atoms with E-state index in [1.807, 2.05) is 13.8 Å². The number of pyridine rings is 1. The lowest BCUT2D eigenvalue weighted by molar-refractivity contribution is -0.148. The topological polar surface area (TPSA) is 99.6 Å². The molecule has 0 unspecified atom stereocenters. The number of urea groups is 1. The van der Waals surface area contributed by atoms with Gasteiger partial charge in [0.25, 0.3) is 5.91 Å². The van der Waals surface area contributed by atoms with E-state index < -0.39 is 29.5 Å². The summed E-state index contributed by atoms with van der Waals surface area (Å²) in [4.78, 5) is 41.1. The molecule has 0 aliphatic carbocycles. The van der Waals surface area contributed by atoms with Crippen LogP contribution in [-0.4, -0.2) is 38.9 Å². The Hall–Kier alpha value is -2.44. The van der Waals surface area contributed by atoms with Crippen LogP contribution in [0.15, 0.2) is 24.5 Å². The zero-order valence-electron chi connectivity index (χ0n) is 12.7. The van der Waals surface area contributed by atoms with Crippen LogP contribution in [0.25, 0.3) is 0 Å². The molecule has 0 aromatic carbocycles. The third kappa shape index (κ3) is 2.66. The Morgan fingerprint density at radius 1 is 1.36 bits per heavy atom. The number of carboxylic acids is 1. The number of carbonyl (C=O) groups is 3. The number of carboxylic acid groups (broad SMARTS) is 1. The molecule has 3 amide bonds. The summed E-state index contributed by atoms with van der Waals surface area (Å²) >= 11 is 0. The molecule has 1 aromatic heterocycles. The third-order valence-electron chi connectivity index (χ3n) is 3.77. The monoisotopic (exact) mass is 305 g/mol. The van der Waals surface area contributed by atoms with Crippen molar-refractivity contribution in [3.8, 4) is 0 Å². The fourth-order valence-electron chi connectivity index (χ4n) is 2.59. The molecule has 1 aliphatic heterocycles. The minimum Gasteiger partial charge on any atom is -0.480 e. The van der Waals surface area contributed by atoms with Crippen LogP contribution in [0.4, 0.5) is 4.79 Å². The van der Waals surface area contributed by atoms with Crippen LogP contribution >= 0.6 is 0 Å². The molecule has 2 N–H and O–H groups in total. The Morgan fingerprint density at radius 2 is 1.95 bits per heavy atom. The van der Waals surface area contributed by atoms with Gasteiger partial charge >= 0.3 is 12.0 Å². The van der Waals surface area contributed by atoms with Crippen LogP contribution in [0.3, 0.4) is 0 Å². The van der Waals surface area contributed by atoms with Gasteiger partial charge < -0.3 is 10.4 Å². The van der Waals surface area contributed by atoms with Crippen LogP contribution < -0.4 is 5.32 Å². The molecular weight excluding hydrogens is 286 g/mol. The van der Waals surface area contributed by atoms with Gasteiger partial charge in [0.1, 0.15) is 11.6 Å². The van der Waals surface area contributed by atoms with E-state index in [4.69, 9.17) is 0 Å². The highest BCUT2D eigenvalue weighted by molar-refractivity contribution is 6.09. The second kappa shape index (κ2) is 5.75. The molecule has 1 saturated heterocycles. The van der Waals surface area contributed by atoms with E-state index in [-0.39, 0.29) is 12.3 Å². The number of rotatable bonds is 5. The standard InChI is InChI=1S/C15H19N3O4/c1-9(2)8-11(12(19)20)18-13(21)15(3,17-14(18)22)10-4-6-16-7-5-10/h4-7,9,11H,8H2,1-3H3,(H,17,22)(H,19,20)/t11-,15-/m0/s1. The number of aromatic nitrogens is 1. The summed E-state index contributed by atoms with van der Waals surface area (Å²) in [7, 11) is 0. The SMILES string of the molecule is CC(C)C[C@@H](C(=O)O)N1C(=O)N[C@@](C)(c2ccncc2)C1=O. The molecule has 0 radical (unpaired) electrons. The van der Waals surface area contributed by atoms with Crippen molar-refractivity contribution in [3.63, 3.8) is 0 Å². The number of hydrogen-bond donors (Lipinski definition) is 2. The second-order valence-corrected chi connectivity index (χ2v) is 5.95. The largest absolute Gasteiger partial charge is 0.480 e. The lowest BCUT2D eigenvalue weighted by Gasteiger charge is -2.25. The summed E-state index contributed by atoms with van der Waals surface area (Å²) in [6.07, 6.45) is 3.25. The summed E-state index contributed by atoms with van der Waals surface area (Å²) in [5, 5.41) is 12.0. The van der Waals surface area contributed by atoms with Gasteiger partial charge in [-0.1, -0.05) is 13.8 Å².